The van der Waals surface area contributed by atoms with Crippen molar-refractivity contribution in [2.24, 2.45) is 0 Å². The molecule has 0 unspecified atom stereocenters. The van der Waals surface area contributed by atoms with Crippen molar-refractivity contribution in [3.8, 4) is 0 Å². The summed E-state index contributed by atoms with van der Waals surface area (Å²) in [5.41, 5.74) is -4.31. The summed E-state index contributed by atoms with van der Waals surface area (Å²) in [5, 5.41) is 11.2. The molecular formula is C23H20F6N2O. The maximum atomic E-state index is 13.5. The average molecular weight is 454 g/mol. The third kappa shape index (κ3) is 4.45. The van der Waals surface area contributed by atoms with Gasteiger partial charge in [0.25, 0.3) is 0 Å². The van der Waals surface area contributed by atoms with E-state index in [0.29, 0.717) is 31.8 Å². The van der Waals surface area contributed by atoms with Gasteiger partial charge in [-0.3, -0.25) is 4.90 Å². The number of hydrogen-bond acceptors (Lipinski definition) is 3. The minimum atomic E-state index is -4.95. The first-order valence-electron chi connectivity index (χ1n) is 10.0. The van der Waals surface area contributed by atoms with Crippen molar-refractivity contribution in [3.05, 3.63) is 77.0 Å². The summed E-state index contributed by atoms with van der Waals surface area (Å²) in [6.07, 6.45) is -9.65. The Morgan fingerprint density at radius 2 is 1.53 bits per heavy atom. The highest BCUT2D eigenvalue weighted by molar-refractivity contribution is 5.86. The molecule has 0 saturated carbocycles. The third-order valence-corrected chi connectivity index (χ3v) is 5.87. The Balaban J connectivity index is 1.73. The van der Waals surface area contributed by atoms with Crippen LogP contribution in [0.25, 0.3) is 10.9 Å². The van der Waals surface area contributed by atoms with Gasteiger partial charge in [0.15, 0.2) is 0 Å². The third-order valence-electron chi connectivity index (χ3n) is 5.87. The molecule has 1 N–H and O–H groups in total. The summed E-state index contributed by atoms with van der Waals surface area (Å²) < 4.78 is 80.9. The van der Waals surface area contributed by atoms with Crippen LogP contribution < -0.4 is 0 Å². The van der Waals surface area contributed by atoms with Crippen LogP contribution in [0.5, 0.6) is 0 Å². The first kappa shape index (κ1) is 22.5. The number of alkyl halides is 6. The summed E-state index contributed by atoms with van der Waals surface area (Å²) in [6, 6.07) is 13.4. The highest BCUT2D eigenvalue weighted by Gasteiger charge is 2.41. The maximum absolute atomic E-state index is 13.5. The molecule has 9 heteroatoms. The van der Waals surface area contributed by atoms with Gasteiger partial charge in [0.1, 0.15) is 5.69 Å². The number of pyridine rings is 1. The van der Waals surface area contributed by atoms with Crippen LogP contribution in [0, 0.1) is 0 Å². The smallest absolute Gasteiger partial charge is 0.385 e. The first-order valence-corrected chi connectivity index (χ1v) is 10.0. The Bertz CT molecular complexity index is 1100. The molecule has 0 aliphatic carbocycles. The van der Waals surface area contributed by atoms with E-state index < -0.39 is 34.7 Å². The minimum absolute atomic E-state index is 0.0898. The molecule has 1 saturated heterocycles. The van der Waals surface area contributed by atoms with Crippen LogP contribution in [0.15, 0.2) is 54.6 Å². The Morgan fingerprint density at radius 1 is 0.875 bits per heavy atom. The van der Waals surface area contributed by atoms with Crippen molar-refractivity contribution < 1.29 is 31.4 Å². The molecule has 1 aliphatic heterocycles. The summed E-state index contributed by atoms with van der Waals surface area (Å²) in [6.45, 7) is 1.38. The molecular weight excluding hydrogens is 434 g/mol. The van der Waals surface area contributed by atoms with Gasteiger partial charge in [0.05, 0.1) is 16.7 Å². The number of fused-ring (bicyclic) bond motifs is 1. The van der Waals surface area contributed by atoms with Crippen LogP contribution in [-0.2, 0) is 24.5 Å². The Kier molecular flexibility index (Phi) is 5.67. The number of rotatable bonds is 3. The molecule has 32 heavy (non-hydrogen) atoms. The zero-order valence-corrected chi connectivity index (χ0v) is 16.8. The molecule has 4 rings (SSSR count). The van der Waals surface area contributed by atoms with Crippen LogP contribution in [0.1, 0.15) is 35.2 Å². The van der Waals surface area contributed by atoms with Gasteiger partial charge in [0, 0.05) is 25.0 Å². The minimum Gasteiger partial charge on any atom is -0.385 e. The Hall–Kier alpha value is -2.65. The largest absolute Gasteiger partial charge is 0.433 e. The van der Waals surface area contributed by atoms with Crippen molar-refractivity contribution in [3.63, 3.8) is 0 Å². The van der Waals surface area contributed by atoms with Crippen LogP contribution in [0.2, 0.25) is 0 Å². The summed E-state index contributed by atoms with van der Waals surface area (Å²) >= 11 is 0. The second kappa shape index (κ2) is 8.04. The summed E-state index contributed by atoms with van der Waals surface area (Å²) in [4.78, 5) is 5.36. The van der Waals surface area contributed by atoms with Gasteiger partial charge in [0.2, 0.25) is 0 Å². The normalized spacial score (nSPS) is 17.6. The van der Waals surface area contributed by atoms with Crippen molar-refractivity contribution >= 4 is 10.9 Å². The lowest BCUT2D eigenvalue weighted by Crippen LogP contribution is -2.42. The van der Waals surface area contributed by atoms with Gasteiger partial charge < -0.3 is 5.11 Å². The van der Waals surface area contributed by atoms with Crippen molar-refractivity contribution in [1.82, 2.24) is 9.88 Å². The zero-order valence-electron chi connectivity index (χ0n) is 16.8. The van der Waals surface area contributed by atoms with E-state index in [1.165, 1.54) is 6.07 Å². The topological polar surface area (TPSA) is 36.4 Å². The van der Waals surface area contributed by atoms with Gasteiger partial charge in [-0.2, -0.15) is 26.3 Å². The van der Waals surface area contributed by atoms with E-state index in [4.69, 9.17) is 0 Å². The highest BCUT2D eigenvalue weighted by atomic mass is 19.4. The molecule has 1 aliphatic rings. The summed E-state index contributed by atoms with van der Waals surface area (Å²) in [5.74, 6) is 0. The highest BCUT2D eigenvalue weighted by Crippen LogP contribution is 2.43. The molecule has 3 aromatic rings. The second-order valence-corrected chi connectivity index (χ2v) is 8.05. The number of likely N-dealkylation sites (tertiary alicyclic amines) is 1. The standard InChI is InChI=1S/C23H20F6N2O/c24-22(25,26)17-8-4-7-16-18(13-19(23(27,28)29)30-20(16)17)21(32)9-11-31(12-10-21)14-15-5-2-1-3-6-15/h1-8,13,32H,9-12,14H2. The molecule has 0 atom stereocenters. The quantitative estimate of drug-likeness (QED) is 0.512. The van der Waals surface area contributed by atoms with E-state index in [2.05, 4.69) is 9.88 Å². The van der Waals surface area contributed by atoms with Crippen LogP contribution >= 0.6 is 0 Å². The fourth-order valence-corrected chi connectivity index (χ4v) is 4.20. The fraction of sp³-hybridized carbons (Fsp3) is 0.348. The molecule has 2 aromatic carbocycles. The van der Waals surface area contributed by atoms with Crippen molar-refractivity contribution in [2.75, 3.05) is 13.1 Å². The van der Waals surface area contributed by atoms with Gasteiger partial charge in [-0.15, -0.1) is 0 Å². The molecule has 1 fully saturated rings. The lowest BCUT2D eigenvalue weighted by molar-refractivity contribution is -0.142. The van der Waals surface area contributed by atoms with E-state index >= 15 is 0 Å². The van der Waals surface area contributed by atoms with E-state index in [1.807, 2.05) is 30.3 Å². The predicted octanol–water partition coefficient (Wildman–Crippen LogP) is 5.76. The number of aromatic nitrogens is 1. The second-order valence-electron chi connectivity index (χ2n) is 8.05. The van der Waals surface area contributed by atoms with Crippen molar-refractivity contribution in [2.45, 2.75) is 37.3 Å². The zero-order chi connectivity index (χ0) is 23.1. The molecule has 1 aromatic heterocycles. The van der Waals surface area contributed by atoms with E-state index in [1.54, 1.807) is 0 Å². The van der Waals surface area contributed by atoms with Crippen LogP contribution in [-0.4, -0.2) is 28.1 Å². The lowest BCUT2D eigenvalue weighted by atomic mass is 9.82. The van der Waals surface area contributed by atoms with Gasteiger partial charge in [-0.1, -0.05) is 42.5 Å². The molecule has 0 spiro atoms. The molecule has 0 bridgehead atoms. The number of aliphatic hydroxyl groups is 1. The SMILES string of the molecule is OC1(c2cc(C(F)(F)F)nc3c(C(F)(F)F)cccc23)CCN(Cc2ccccc2)CC1. The summed E-state index contributed by atoms with van der Waals surface area (Å²) in [7, 11) is 0. The van der Waals surface area contributed by atoms with E-state index in [0.717, 1.165) is 11.6 Å². The van der Waals surface area contributed by atoms with Crippen LogP contribution in [0.4, 0.5) is 26.3 Å². The number of nitrogens with zero attached hydrogens (tertiary/aromatic N) is 2. The van der Waals surface area contributed by atoms with E-state index in [9.17, 15) is 31.4 Å². The molecule has 2 heterocycles. The fourth-order valence-electron chi connectivity index (χ4n) is 4.20. The molecule has 0 radical (unpaired) electrons. The molecule has 170 valence electrons. The van der Waals surface area contributed by atoms with Gasteiger partial charge in [-0.05, 0) is 36.1 Å². The Morgan fingerprint density at radius 3 is 2.12 bits per heavy atom. The monoisotopic (exact) mass is 454 g/mol. The first-order chi connectivity index (χ1) is 15.0. The number of halogens is 6. The molecule has 0 amide bonds. The Labute approximate surface area is 180 Å². The van der Waals surface area contributed by atoms with E-state index in [-0.39, 0.29) is 23.8 Å². The van der Waals surface area contributed by atoms with Gasteiger partial charge >= 0.3 is 12.4 Å². The number of piperidine rings is 1. The van der Waals surface area contributed by atoms with Crippen LogP contribution in [0.3, 0.4) is 0 Å². The number of benzene rings is 2. The molecule has 3 nitrogen and oxygen atoms in total. The van der Waals surface area contributed by atoms with Crippen molar-refractivity contribution in [1.29, 1.82) is 0 Å². The number of para-hydroxylation sites is 1. The lowest BCUT2D eigenvalue weighted by Gasteiger charge is -2.39. The predicted molar refractivity (Wildman–Crippen MR) is 107 cm³/mol. The van der Waals surface area contributed by atoms with Gasteiger partial charge in [-0.25, -0.2) is 4.98 Å². The average Bonchev–Trinajstić information content (AvgIpc) is 2.73. The number of hydrogen-bond donors (Lipinski definition) is 1. The maximum Gasteiger partial charge on any atom is 0.433 e.